The van der Waals surface area contributed by atoms with Gasteiger partial charge in [-0.1, -0.05) is 48.5 Å². The number of carbonyl (C=O) groups is 1. The van der Waals surface area contributed by atoms with E-state index in [-0.39, 0.29) is 29.4 Å². The van der Waals surface area contributed by atoms with Gasteiger partial charge in [0.05, 0.1) is 15.5 Å². The predicted molar refractivity (Wildman–Crippen MR) is 132 cm³/mol. The van der Waals surface area contributed by atoms with Crippen molar-refractivity contribution in [2.24, 2.45) is 0 Å². The van der Waals surface area contributed by atoms with Gasteiger partial charge in [-0.05, 0) is 52.3 Å². The van der Waals surface area contributed by atoms with Crippen molar-refractivity contribution in [2.75, 3.05) is 25.0 Å². The molecule has 11 heteroatoms. The zero-order valence-corrected chi connectivity index (χ0v) is 21.1. The third kappa shape index (κ3) is 4.93. The van der Waals surface area contributed by atoms with Crippen LogP contribution < -0.4 is 5.32 Å². The average molecular weight is 564 g/mol. The van der Waals surface area contributed by atoms with Crippen LogP contribution in [0.3, 0.4) is 0 Å². The first-order valence-corrected chi connectivity index (χ1v) is 14.1. The summed E-state index contributed by atoms with van der Waals surface area (Å²) in [5.41, 5.74) is 0.451. The Kier molecular flexibility index (Phi) is 7.20. The first-order chi connectivity index (χ1) is 16.2. The summed E-state index contributed by atoms with van der Waals surface area (Å²) in [6, 6.07) is 21.3. The highest BCUT2D eigenvalue weighted by Gasteiger charge is 2.43. The van der Waals surface area contributed by atoms with Gasteiger partial charge in [0.2, 0.25) is 26.0 Å². The molecule has 0 saturated carbocycles. The largest absolute Gasteiger partial charge is 0.324 e. The molecule has 1 aliphatic rings. The Balaban J connectivity index is 1.70. The van der Waals surface area contributed by atoms with Gasteiger partial charge in [-0.25, -0.2) is 16.8 Å². The van der Waals surface area contributed by atoms with Crippen LogP contribution in [0.2, 0.25) is 0 Å². The van der Waals surface area contributed by atoms with E-state index in [4.69, 9.17) is 0 Å². The number of carbonyl (C=O) groups excluding carboxylic acids is 1. The van der Waals surface area contributed by atoms with Gasteiger partial charge in [-0.15, -0.1) is 0 Å². The third-order valence-electron chi connectivity index (χ3n) is 5.46. The Bertz CT molecular complexity index is 1380. The van der Waals surface area contributed by atoms with Crippen molar-refractivity contribution >= 4 is 47.6 Å². The highest BCUT2D eigenvalue weighted by Crippen LogP contribution is 2.27. The van der Waals surface area contributed by atoms with Crippen LogP contribution in [0.1, 0.15) is 0 Å². The van der Waals surface area contributed by atoms with Crippen molar-refractivity contribution in [3.8, 4) is 0 Å². The van der Waals surface area contributed by atoms with Crippen molar-refractivity contribution in [1.29, 1.82) is 0 Å². The lowest BCUT2D eigenvalue weighted by molar-refractivity contribution is -0.120. The van der Waals surface area contributed by atoms with Gasteiger partial charge in [0.1, 0.15) is 6.04 Å². The fourth-order valence-corrected chi connectivity index (χ4v) is 7.14. The number of hydrogen-bond acceptors (Lipinski definition) is 5. The van der Waals surface area contributed by atoms with Crippen LogP contribution in [0.4, 0.5) is 5.69 Å². The van der Waals surface area contributed by atoms with Gasteiger partial charge in [-0.3, -0.25) is 4.79 Å². The number of para-hydroxylation sites is 1. The van der Waals surface area contributed by atoms with E-state index in [1.165, 1.54) is 24.3 Å². The van der Waals surface area contributed by atoms with Gasteiger partial charge in [-0.2, -0.15) is 8.61 Å². The molecule has 1 amide bonds. The Labute approximate surface area is 207 Å². The molecule has 1 saturated heterocycles. The molecule has 1 atom stereocenters. The van der Waals surface area contributed by atoms with E-state index in [0.29, 0.717) is 10.2 Å². The molecule has 1 fully saturated rings. The second-order valence-electron chi connectivity index (χ2n) is 7.59. The van der Waals surface area contributed by atoms with Crippen LogP contribution in [-0.2, 0) is 24.8 Å². The second-order valence-corrected chi connectivity index (χ2v) is 12.3. The molecule has 0 aromatic heterocycles. The number of benzene rings is 3. The minimum atomic E-state index is -4.05. The molecule has 3 aromatic rings. The molecular formula is C23H22BrN3O5S2. The number of piperazine rings is 1. The first-order valence-electron chi connectivity index (χ1n) is 10.4. The minimum absolute atomic E-state index is 0.0352. The van der Waals surface area contributed by atoms with Gasteiger partial charge >= 0.3 is 0 Å². The van der Waals surface area contributed by atoms with Crippen LogP contribution in [0.5, 0.6) is 0 Å². The number of nitrogens with zero attached hydrogens (tertiary/aromatic N) is 2. The molecule has 4 rings (SSSR count). The molecule has 1 aliphatic heterocycles. The molecule has 3 aromatic carbocycles. The van der Waals surface area contributed by atoms with Crippen LogP contribution in [0.15, 0.2) is 99.2 Å². The number of anilines is 1. The van der Waals surface area contributed by atoms with Gasteiger partial charge in [0.15, 0.2) is 0 Å². The molecule has 178 valence electrons. The maximum absolute atomic E-state index is 13.4. The molecule has 0 spiro atoms. The fourth-order valence-electron chi connectivity index (χ4n) is 3.71. The fraction of sp³-hybridized carbons (Fsp3) is 0.174. The summed E-state index contributed by atoms with van der Waals surface area (Å²) in [5, 5.41) is 2.73. The SMILES string of the molecule is O=C(Nc1ccccc1Br)C1CN(S(=O)(=O)c2ccccc2)CCN1S(=O)(=O)c1ccccc1. The normalized spacial score (nSPS) is 17.9. The molecule has 34 heavy (non-hydrogen) atoms. The van der Waals surface area contributed by atoms with Gasteiger partial charge in [0.25, 0.3) is 0 Å². The highest BCUT2D eigenvalue weighted by molar-refractivity contribution is 9.10. The highest BCUT2D eigenvalue weighted by atomic mass is 79.9. The lowest BCUT2D eigenvalue weighted by atomic mass is 10.2. The van der Waals surface area contributed by atoms with Crippen LogP contribution >= 0.6 is 15.9 Å². The molecule has 0 radical (unpaired) electrons. The van der Waals surface area contributed by atoms with Gasteiger partial charge < -0.3 is 5.32 Å². The lowest BCUT2D eigenvalue weighted by Crippen LogP contribution is -2.60. The van der Waals surface area contributed by atoms with Crippen molar-refractivity contribution in [3.63, 3.8) is 0 Å². The van der Waals surface area contributed by atoms with E-state index in [1.807, 2.05) is 0 Å². The minimum Gasteiger partial charge on any atom is -0.324 e. The van der Waals surface area contributed by atoms with E-state index < -0.39 is 32.0 Å². The maximum atomic E-state index is 13.4. The van der Waals surface area contributed by atoms with Crippen LogP contribution in [-0.4, -0.2) is 57.0 Å². The number of halogens is 1. The first kappa shape index (κ1) is 24.6. The standard InChI is InChI=1S/C23H22BrN3O5S2/c24-20-13-7-8-14-21(20)25-23(28)22-17-26(33(29,30)18-9-3-1-4-10-18)15-16-27(22)34(31,32)19-11-5-2-6-12-19/h1-14,22H,15-17H2,(H,25,28). The number of sulfonamides is 2. The monoisotopic (exact) mass is 563 g/mol. The summed E-state index contributed by atoms with van der Waals surface area (Å²) in [6.45, 7) is -0.570. The van der Waals surface area contributed by atoms with E-state index in [9.17, 15) is 21.6 Å². The molecular weight excluding hydrogens is 542 g/mol. The van der Waals surface area contributed by atoms with E-state index >= 15 is 0 Å². The topological polar surface area (TPSA) is 104 Å². The number of rotatable bonds is 6. The number of nitrogens with one attached hydrogen (secondary N) is 1. The Morgan fingerprint density at radius 2 is 1.29 bits per heavy atom. The zero-order valence-electron chi connectivity index (χ0n) is 17.9. The van der Waals surface area contributed by atoms with Gasteiger partial charge in [0, 0.05) is 24.1 Å². The zero-order chi connectivity index (χ0) is 24.3. The molecule has 1 heterocycles. The molecule has 1 N–H and O–H groups in total. The molecule has 0 bridgehead atoms. The van der Waals surface area contributed by atoms with Crippen LogP contribution in [0.25, 0.3) is 0 Å². The summed E-state index contributed by atoms with van der Waals surface area (Å²) < 4.78 is 56.1. The van der Waals surface area contributed by atoms with Crippen molar-refractivity contribution < 1.29 is 21.6 Å². The summed E-state index contributed by atoms with van der Waals surface area (Å²) >= 11 is 3.36. The summed E-state index contributed by atoms with van der Waals surface area (Å²) in [7, 11) is -7.97. The molecule has 1 unspecified atom stereocenters. The van der Waals surface area contributed by atoms with E-state index in [2.05, 4.69) is 21.2 Å². The molecule has 0 aliphatic carbocycles. The maximum Gasteiger partial charge on any atom is 0.244 e. The average Bonchev–Trinajstić information content (AvgIpc) is 2.86. The van der Waals surface area contributed by atoms with Crippen molar-refractivity contribution in [3.05, 3.63) is 89.4 Å². The second kappa shape index (κ2) is 9.96. The summed E-state index contributed by atoms with van der Waals surface area (Å²) in [4.78, 5) is 13.5. The Morgan fingerprint density at radius 3 is 1.88 bits per heavy atom. The van der Waals surface area contributed by atoms with Crippen molar-refractivity contribution in [1.82, 2.24) is 8.61 Å². The lowest BCUT2D eigenvalue weighted by Gasteiger charge is -2.39. The Morgan fingerprint density at radius 1 is 0.765 bits per heavy atom. The molecule has 8 nitrogen and oxygen atoms in total. The van der Waals surface area contributed by atoms with Crippen molar-refractivity contribution in [2.45, 2.75) is 15.8 Å². The summed E-state index contributed by atoms with van der Waals surface area (Å²) in [6.07, 6.45) is 0. The van der Waals surface area contributed by atoms with Crippen LogP contribution in [0, 0.1) is 0 Å². The third-order valence-corrected chi connectivity index (χ3v) is 9.95. The van der Waals surface area contributed by atoms with E-state index in [1.54, 1.807) is 60.7 Å². The summed E-state index contributed by atoms with van der Waals surface area (Å²) in [5.74, 6) is -0.626. The predicted octanol–water partition coefficient (Wildman–Crippen LogP) is 3.15. The quantitative estimate of drug-likeness (QED) is 0.496. The number of amides is 1. The smallest absolute Gasteiger partial charge is 0.244 e. The number of hydrogen-bond donors (Lipinski definition) is 1. The van der Waals surface area contributed by atoms with E-state index in [0.717, 1.165) is 8.61 Å². The Hall–Kier alpha value is -2.57.